The Labute approximate surface area is 87.8 Å². The summed E-state index contributed by atoms with van der Waals surface area (Å²) in [5, 5.41) is 0. The number of nitrogens with zero attached hydrogens (tertiary/aromatic N) is 1. The highest BCUT2D eigenvalue weighted by Gasteiger charge is 2.48. The monoisotopic (exact) mass is 196 g/mol. The minimum atomic E-state index is 0.595. The first-order valence-corrected chi connectivity index (χ1v) is 6.04. The summed E-state index contributed by atoms with van der Waals surface area (Å²) in [6, 6.07) is 0.833. The molecule has 0 radical (unpaired) electrons. The largest absolute Gasteiger partial charge is 0.330 e. The second-order valence-corrected chi connectivity index (χ2v) is 5.54. The van der Waals surface area contributed by atoms with Gasteiger partial charge in [-0.15, -0.1) is 0 Å². The van der Waals surface area contributed by atoms with E-state index >= 15 is 0 Å². The Balaban J connectivity index is 1.84. The lowest BCUT2D eigenvalue weighted by atomic mass is 9.76. The molecule has 2 nitrogen and oxygen atoms in total. The number of hydrogen-bond acceptors (Lipinski definition) is 2. The van der Waals surface area contributed by atoms with Crippen LogP contribution in [0.3, 0.4) is 0 Å². The smallest absolute Gasteiger partial charge is 0.00893 e. The second kappa shape index (κ2) is 3.82. The van der Waals surface area contributed by atoms with Gasteiger partial charge in [0.2, 0.25) is 0 Å². The van der Waals surface area contributed by atoms with Crippen molar-refractivity contribution in [3.63, 3.8) is 0 Å². The molecule has 0 unspecified atom stereocenters. The molecule has 2 aliphatic rings. The molecule has 0 heterocycles. The van der Waals surface area contributed by atoms with E-state index < -0.39 is 0 Å². The van der Waals surface area contributed by atoms with Crippen molar-refractivity contribution in [3.8, 4) is 0 Å². The topological polar surface area (TPSA) is 29.3 Å². The SMILES string of the molecule is CN(C)C1CCC(C2(CN)CC2)CC1. The summed E-state index contributed by atoms with van der Waals surface area (Å²) >= 11 is 0. The molecule has 0 bridgehead atoms. The molecule has 0 spiro atoms. The molecule has 0 aliphatic heterocycles. The maximum absolute atomic E-state index is 5.88. The van der Waals surface area contributed by atoms with Crippen molar-refractivity contribution >= 4 is 0 Å². The van der Waals surface area contributed by atoms with Crippen LogP contribution in [0.2, 0.25) is 0 Å². The van der Waals surface area contributed by atoms with Gasteiger partial charge in [-0.25, -0.2) is 0 Å². The third-order valence-corrected chi connectivity index (χ3v) is 4.59. The van der Waals surface area contributed by atoms with Gasteiger partial charge in [-0.2, -0.15) is 0 Å². The molecule has 0 saturated heterocycles. The maximum atomic E-state index is 5.88. The Kier molecular flexibility index (Phi) is 2.85. The van der Waals surface area contributed by atoms with E-state index in [1.165, 1.54) is 38.5 Å². The van der Waals surface area contributed by atoms with Crippen LogP contribution in [-0.4, -0.2) is 31.6 Å². The first kappa shape index (κ1) is 10.4. The molecule has 2 saturated carbocycles. The Bertz CT molecular complexity index is 188. The van der Waals surface area contributed by atoms with Crippen molar-refractivity contribution in [2.75, 3.05) is 20.6 Å². The molecule has 2 rings (SSSR count). The van der Waals surface area contributed by atoms with Crippen molar-refractivity contribution in [3.05, 3.63) is 0 Å². The summed E-state index contributed by atoms with van der Waals surface area (Å²) in [6.07, 6.45) is 8.42. The van der Waals surface area contributed by atoms with Gasteiger partial charge in [0, 0.05) is 6.04 Å². The van der Waals surface area contributed by atoms with E-state index in [2.05, 4.69) is 19.0 Å². The third-order valence-electron chi connectivity index (χ3n) is 4.59. The lowest BCUT2D eigenvalue weighted by Gasteiger charge is -2.36. The molecule has 2 N–H and O–H groups in total. The predicted octanol–water partition coefficient (Wildman–Crippen LogP) is 1.85. The molecule has 2 aliphatic carbocycles. The van der Waals surface area contributed by atoms with E-state index in [1.807, 2.05) is 0 Å². The average Bonchev–Trinajstić information content (AvgIpc) is 2.99. The van der Waals surface area contributed by atoms with Crippen LogP contribution in [0.25, 0.3) is 0 Å². The summed E-state index contributed by atoms with van der Waals surface area (Å²) < 4.78 is 0. The van der Waals surface area contributed by atoms with Gasteiger partial charge in [-0.05, 0) is 70.5 Å². The predicted molar refractivity (Wildman–Crippen MR) is 60.2 cm³/mol. The maximum Gasteiger partial charge on any atom is 0.00893 e. The van der Waals surface area contributed by atoms with Crippen LogP contribution in [-0.2, 0) is 0 Å². The minimum absolute atomic E-state index is 0.595. The zero-order chi connectivity index (χ0) is 10.2. The molecule has 0 amide bonds. The molecule has 82 valence electrons. The van der Waals surface area contributed by atoms with E-state index in [0.29, 0.717) is 5.41 Å². The minimum Gasteiger partial charge on any atom is -0.330 e. The number of hydrogen-bond donors (Lipinski definition) is 1. The highest BCUT2D eigenvalue weighted by atomic mass is 15.1. The van der Waals surface area contributed by atoms with Gasteiger partial charge in [0.15, 0.2) is 0 Å². The normalized spacial score (nSPS) is 36.0. The fraction of sp³-hybridized carbons (Fsp3) is 1.00. The second-order valence-electron chi connectivity index (χ2n) is 5.54. The zero-order valence-corrected chi connectivity index (χ0v) is 9.63. The van der Waals surface area contributed by atoms with Crippen LogP contribution in [0.15, 0.2) is 0 Å². The molecule has 2 fully saturated rings. The van der Waals surface area contributed by atoms with Gasteiger partial charge in [0.25, 0.3) is 0 Å². The van der Waals surface area contributed by atoms with Gasteiger partial charge in [-0.3, -0.25) is 0 Å². The van der Waals surface area contributed by atoms with Gasteiger partial charge < -0.3 is 10.6 Å². The van der Waals surface area contributed by atoms with Crippen LogP contribution in [0.5, 0.6) is 0 Å². The van der Waals surface area contributed by atoms with E-state index in [1.54, 1.807) is 0 Å². The zero-order valence-electron chi connectivity index (χ0n) is 9.63. The van der Waals surface area contributed by atoms with Crippen molar-refractivity contribution in [1.82, 2.24) is 4.90 Å². The summed E-state index contributed by atoms with van der Waals surface area (Å²) in [7, 11) is 4.42. The number of nitrogens with two attached hydrogens (primary N) is 1. The first-order valence-electron chi connectivity index (χ1n) is 6.04. The summed E-state index contributed by atoms with van der Waals surface area (Å²) in [5.41, 5.74) is 6.48. The van der Waals surface area contributed by atoms with Crippen LogP contribution in [0, 0.1) is 11.3 Å². The lowest BCUT2D eigenvalue weighted by molar-refractivity contribution is 0.151. The van der Waals surface area contributed by atoms with E-state index in [0.717, 1.165) is 18.5 Å². The Hall–Kier alpha value is -0.0800. The van der Waals surface area contributed by atoms with Crippen LogP contribution in [0.1, 0.15) is 38.5 Å². The molecule has 0 aromatic carbocycles. The molecule has 0 aromatic rings. The Morgan fingerprint density at radius 1 is 1.14 bits per heavy atom. The van der Waals surface area contributed by atoms with Crippen molar-refractivity contribution < 1.29 is 0 Å². The molecule has 2 heteroatoms. The van der Waals surface area contributed by atoms with E-state index in [-0.39, 0.29) is 0 Å². The third kappa shape index (κ3) is 1.82. The fourth-order valence-corrected chi connectivity index (χ4v) is 3.14. The first-order chi connectivity index (χ1) is 6.68. The Morgan fingerprint density at radius 3 is 2.07 bits per heavy atom. The fourth-order valence-electron chi connectivity index (χ4n) is 3.14. The van der Waals surface area contributed by atoms with Crippen LogP contribution < -0.4 is 5.73 Å². The summed E-state index contributed by atoms with van der Waals surface area (Å²) in [5.74, 6) is 0.948. The standard InChI is InChI=1S/C12H24N2/c1-14(2)11-5-3-10(4-6-11)12(9-13)7-8-12/h10-11H,3-9,13H2,1-2H3. The lowest BCUT2D eigenvalue weighted by Crippen LogP contribution is -2.36. The van der Waals surface area contributed by atoms with E-state index in [9.17, 15) is 0 Å². The quantitative estimate of drug-likeness (QED) is 0.746. The average molecular weight is 196 g/mol. The van der Waals surface area contributed by atoms with E-state index in [4.69, 9.17) is 5.73 Å². The van der Waals surface area contributed by atoms with Gasteiger partial charge in [-0.1, -0.05) is 0 Å². The highest BCUT2D eigenvalue weighted by Crippen LogP contribution is 2.55. The van der Waals surface area contributed by atoms with Crippen LogP contribution in [0.4, 0.5) is 0 Å². The van der Waals surface area contributed by atoms with Gasteiger partial charge >= 0.3 is 0 Å². The molecular weight excluding hydrogens is 172 g/mol. The number of rotatable bonds is 3. The van der Waals surface area contributed by atoms with Gasteiger partial charge in [0.05, 0.1) is 0 Å². The highest BCUT2D eigenvalue weighted by molar-refractivity contribution is 5.00. The Morgan fingerprint density at radius 2 is 1.71 bits per heavy atom. The molecule has 0 aromatic heterocycles. The van der Waals surface area contributed by atoms with Crippen LogP contribution >= 0.6 is 0 Å². The van der Waals surface area contributed by atoms with Crippen molar-refractivity contribution in [1.29, 1.82) is 0 Å². The summed E-state index contributed by atoms with van der Waals surface area (Å²) in [6.45, 7) is 0.935. The van der Waals surface area contributed by atoms with Crippen molar-refractivity contribution in [2.24, 2.45) is 17.1 Å². The molecule has 14 heavy (non-hydrogen) atoms. The van der Waals surface area contributed by atoms with Gasteiger partial charge in [0.1, 0.15) is 0 Å². The molecular formula is C12H24N2. The molecule has 0 atom stereocenters. The summed E-state index contributed by atoms with van der Waals surface area (Å²) in [4.78, 5) is 2.39. The van der Waals surface area contributed by atoms with Crippen molar-refractivity contribution in [2.45, 2.75) is 44.6 Å².